The van der Waals surface area contributed by atoms with E-state index in [2.05, 4.69) is 12.2 Å². The lowest BCUT2D eigenvalue weighted by molar-refractivity contribution is 0.602. The molecule has 21 heavy (non-hydrogen) atoms. The van der Waals surface area contributed by atoms with Crippen LogP contribution in [0.2, 0.25) is 0 Å². The maximum atomic E-state index is 11.7. The lowest BCUT2D eigenvalue weighted by atomic mass is 10.0. The maximum Gasteiger partial charge on any atom is 0.177 e. The first-order chi connectivity index (χ1) is 9.93. The quantitative estimate of drug-likeness (QED) is 0.832. The lowest BCUT2D eigenvalue weighted by Crippen LogP contribution is -2.12. The Morgan fingerprint density at radius 1 is 1.10 bits per heavy atom. The molecule has 4 nitrogen and oxygen atoms in total. The molecular weight excluding hydrogens is 284 g/mol. The van der Waals surface area contributed by atoms with Crippen LogP contribution in [0.15, 0.2) is 53.4 Å². The summed E-state index contributed by atoms with van der Waals surface area (Å²) in [5.41, 5.74) is 8.07. The molecule has 0 aliphatic heterocycles. The fourth-order valence-corrected chi connectivity index (χ4v) is 3.12. The summed E-state index contributed by atoms with van der Waals surface area (Å²) in [5.74, 6) is 0. The van der Waals surface area contributed by atoms with E-state index in [0.29, 0.717) is 5.69 Å². The highest BCUT2D eigenvalue weighted by atomic mass is 32.2. The van der Waals surface area contributed by atoms with Crippen LogP contribution in [0.4, 0.5) is 11.4 Å². The first-order valence-electron chi connectivity index (χ1n) is 6.83. The average molecular weight is 304 g/mol. The van der Waals surface area contributed by atoms with Gasteiger partial charge in [-0.15, -0.1) is 0 Å². The number of sulfone groups is 1. The number of nitrogens with one attached hydrogen (secondary N) is 1. The summed E-state index contributed by atoms with van der Waals surface area (Å²) in [6.07, 6.45) is 2.03. The third kappa shape index (κ3) is 3.55. The molecule has 1 atom stereocenters. The molecule has 0 saturated carbocycles. The minimum absolute atomic E-state index is 0.0864. The Labute approximate surface area is 125 Å². The van der Waals surface area contributed by atoms with Gasteiger partial charge in [0.2, 0.25) is 0 Å². The molecule has 5 heteroatoms. The topological polar surface area (TPSA) is 72.2 Å². The van der Waals surface area contributed by atoms with Crippen molar-refractivity contribution >= 4 is 21.2 Å². The van der Waals surface area contributed by atoms with E-state index in [4.69, 9.17) is 5.73 Å². The van der Waals surface area contributed by atoms with Crippen molar-refractivity contribution in [2.45, 2.75) is 24.3 Å². The van der Waals surface area contributed by atoms with Crippen LogP contribution < -0.4 is 11.1 Å². The zero-order valence-electron chi connectivity index (χ0n) is 12.2. The van der Waals surface area contributed by atoms with Gasteiger partial charge >= 0.3 is 0 Å². The van der Waals surface area contributed by atoms with E-state index in [1.165, 1.54) is 6.07 Å². The van der Waals surface area contributed by atoms with Crippen LogP contribution >= 0.6 is 0 Å². The maximum absolute atomic E-state index is 11.7. The fraction of sp³-hybridized carbons (Fsp3) is 0.250. The van der Waals surface area contributed by atoms with Crippen molar-refractivity contribution in [2.75, 3.05) is 17.3 Å². The van der Waals surface area contributed by atoms with Crippen molar-refractivity contribution in [3.05, 3.63) is 54.1 Å². The molecule has 0 amide bonds. The van der Waals surface area contributed by atoms with E-state index in [9.17, 15) is 8.42 Å². The molecule has 0 saturated heterocycles. The number of benzene rings is 2. The van der Waals surface area contributed by atoms with Gasteiger partial charge in [-0.05, 0) is 24.1 Å². The van der Waals surface area contributed by atoms with Crippen LogP contribution in [0.3, 0.4) is 0 Å². The smallest absolute Gasteiger partial charge is 0.177 e. The molecule has 0 heterocycles. The molecule has 1 unspecified atom stereocenters. The molecule has 3 N–H and O–H groups in total. The van der Waals surface area contributed by atoms with E-state index >= 15 is 0 Å². The van der Waals surface area contributed by atoms with Crippen molar-refractivity contribution in [1.29, 1.82) is 0 Å². The van der Waals surface area contributed by atoms with Crippen LogP contribution in [0, 0.1) is 0 Å². The number of anilines is 2. The Morgan fingerprint density at radius 3 is 2.33 bits per heavy atom. The SMILES string of the molecule is CCC(Nc1cccc(S(C)(=O)=O)c1N)c1ccccc1. The van der Waals surface area contributed by atoms with Crippen LogP contribution in [-0.2, 0) is 9.84 Å². The number of hydrogen-bond donors (Lipinski definition) is 2. The normalized spacial score (nSPS) is 12.9. The Morgan fingerprint density at radius 2 is 1.76 bits per heavy atom. The highest BCUT2D eigenvalue weighted by Gasteiger charge is 2.16. The summed E-state index contributed by atoms with van der Waals surface area (Å²) in [6, 6.07) is 15.1. The first kappa shape index (κ1) is 15.4. The van der Waals surface area contributed by atoms with Gasteiger partial charge in [-0.2, -0.15) is 0 Å². The minimum Gasteiger partial charge on any atom is -0.396 e. The number of nitrogen functional groups attached to an aromatic ring is 1. The molecule has 2 rings (SSSR count). The van der Waals surface area contributed by atoms with Gasteiger partial charge in [-0.1, -0.05) is 43.3 Å². The summed E-state index contributed by atoms with van der Waals surface area (Å²) in [6.45, 7) is 2.07. The first-order valence-corrected chi connectivity index (χ1v) is 8.72. The summed E-state index contributed by atoms with van der Waals surface area (Å²) in [7, 11) is -3.33. The number of hydrogen-bond acceptors (Lipinski definition) is 4. The largest absolute Gasteiger partial charge is 0.396 e. The molecule has 0 fully saturated rings. The molecule has 0 bridgehead atoms. The molecule has 0 aliphatic carbocycles. The molecular formula is C16H20N2O2S. The Kier molecular flexibility index (Phi) is 4.53. The second kappa shape index (κ2) is 6.18. The minimum atomic E-state index is -3.33. The Hall–Kier alpha value is -2.01. The Bertz CT molecular complexity index is 712. The van der Waals surface area contributed by atoms with E-state index in [-0.39, 0.29) is 16.6 Å². The summed E-state index contributed by atoms with van der Waals surface area (Å²) in [5, 5.41) is 3.34. The van der Waals surface area contributed by atoms with Crippen LogP contribution in [-0.4, -0.2) is 14.7 Å². The standard InChI is InChI=1S/C16H20N2O2S/c1-3-13(12-8-5-4-6-9-12)18-14-10-7-11-15(16(14)17)21(2,19)20/h4-11,13,18H,3,17H2,1-2H3. The van der Waals surface area contributed by atoms with Gasteiger partial charge < -0.3 is 11.1 Å². The zero-order chi connectivity index (χ0) is 15.5. The molecule has 2 aromatic carbocycles. The third-order valence-electron chi connectivity index (χ3n) is 3.41. The van der Waals surface area contributed by atoms with Crippen LogP contribution in [0.25, 0.3) is 0 Å². The second-order valence-corrected chi connectivity index (χ2v) is 6.99. The molecule has 0 aromatic heterocycles. The fourth-order valence-electron chi connectivity index (χ4n) is 2.29. The van der Waals surface area contributed by atoms with Gasteiger partial charge in [0.1, 0.15) is 0 Å². The molecule has 112 valence electrons. The zero-order valence-corrected chi connectivity index (χ0v) is 13.0. The van der Waals surface area contributed by atoms with Crippen molar-refractivity contribution in [2.24, 2.45) is 0 Å². The van der Waals surface area contributed by atoms with Gasteiger partial charge in [-0.3, -0.25) is 0 Å². The summed E-state index contributed by atoms with van der Waals surface area (Å²) >= 11 is 0. The molecule has 0 spiro atoms. The monoisotopic (exact) mass is 304 g/mol. The molecule has 0 radical (unpaired) electrons. The van der Waals surface area contributed by atoms with Crippen LogP contribution in [0.5, 0.6) is 0 Å². The predicted octanol–water partition coefficient (Wildman–Crippen LogP) is 3.24. The van der Waals surface area contributed by atoms with Gasteiger partial charge in [0, 0.05) is 6.26 Å². The third-order valence-corrected chi connectivity index (χ3v) is 4.56. The van der Waals surface area contributed by atoms with Crippen LogP contribution in [0.1, 0.15) is 24.9 Å². The van der Waals surface area contributed by atoms with Crippen molar-refractivity contribution in [3.8, 4) is 0 Å². The lowest BCUT2D eigenvalue weighted by Gasteiger charge is -2.20. The highest BCUT2D eigenvalue weighted by molar-refractivity contribution is 7.90. The summed E-state index contributed by atoms with van der Waals surface area (Å²) < 4.78 is 23.4. The van der Waals surface area contributed by atoms with Crippen molar-refractivity contribution in [1.82, 2.24) is 0 Å². The summed E-state index contributed by atoms with van der Waals surface area (Å²) in [4.78, 5) is 0.162. The predicted molar refractivity (Wildman–Crippen MR) is 87.1 cm³/mol. The van der Waals surface area contributed by atoms with Gasteiger partial charge in [-0.25, -0.2) is 8.42 Å². The van der Waals surface area contributed by atoms with Gasteiger partial charge in [0.05, 0.1) is 22.3 Å². The Balaban J connectivity index is 2.35. The van der Waals surface area contributed by atoms with Crippen molar-refractivity contribution in [3.63, 3.8) is 0 Å². The average Bonchev–Trinajstić information content (AvgIpc) is 2.46. The van der Waals surface area contributed by atoms with E-state index < -0.39 is 9.84 Å². The van der Waals surface area contributed by atoms with E-state index in [0.717, 1.165) is 18.2 Å². The molecule has 0 aliphatic rings. The highest BCUT2D eigenvalue weighted by Crippen LogP contribution is 2.30. The van der Waals surface area contributed by atoms with E-state index in [1.54, 1.807) is 12.1 Å². The van der Waals surface area contributed by atoms with Gasteiger partial charge in [0.25, 0.3) is 0 Å². The number of rotatable bonds is 5. The molecule has 2 aromatic rings. The van der Waals surface area contributed by atoms with E-state index in [1.807, 2.05) is 30.3 Å². The second-order valence-electron chi connectivity index (χ2n) is 5.01. The van der Waals surface area contributed by atoms with Crippen molar-refractivity contribution < 1.29 is 8.42 Å². The van der Waals surface area contributed by atoms with Gasteiger partial charge in [0.15, 0.2) is 9.84 Å². The number of para-hydroxylation sites is 1. The number of nitrogens with two attached hydrogens (primary N) is 1.